The van der Waals surface area contributed by atoms with Crippen LogP contribution in [0.4, 0.5) is 0 Å². The summed E-state index contributed by atoms with van der Waals surface area (Å²) in [5.41, 5.74) is 0.550. The molecule has 0 fully saturated rings. The second-order valence-electron chi connectivity index (χ2n) is 6.37. The Morgan fingerprint density at radius 2 is 1.71 bits per heavy atom. The third-order valence-electron chi connectivity index (χ3n) is 2.73. The van der Waals surface area contributed by atoms with Gasteiger partial charge in [0.15, 0.2) is 0 Å². The standard InChI is InChI=1S/C11H24OSi2/c1-13(2,3)10-8-7-9-11(12-10)14(4,5)6/h8,11H,7,9H2,1-6H3. The maximum absolute atomic E-state index is 6.20. The summed E-state index contributed by atoms with van der Waals surface area (Å²) in [5, 5.41) is 1.34. The molecule has 0 N–H and O–H groups in total. The summed E-state index contributed by atoms with van der Waals surface area (Å²) in [6.45, 7) is 14.3. The minimum atomic E-state index is -1.22. The molecule has 1 aliphatic heterocycles. The Balaban J connectivity index is 2.73. The molecule has 0 aromatic carbocycles. The van der Waals surface area contributed by atoms with Crippen LogP contribution < -0.4 is 0 Å². The molecule has 1 nitrogen and oxygen atoms in total. The molecule has 1 unspecified atom stereocenters. The molecule has 1 heterocycles. The quantitative estimate of drug-likeness (QED) is 0.653. The van der Waals surface area contributed by atoms with Gasteiger partial charge in [0.1, 0.15) is 8.07 Å². The second kappa shape index (κ2) is 3.85. The molecule has 1 aliphatic rings. The Bertz CT molecular complexity index is 233. The van der Waals surface area contributed by atoms with Crippen molar-refractivity contribution in [1.82, 2.24) is 0 Å². The maximum Gasteiger partial charge on any atom is 0.122 e. The van der Waals surface area contributed by atoms with E-state index in [9.17, 15) is 0 Å². The van der Waals surface area contributed by atoms with Crippen LogP contribution >= 0.6 is 0 Å². The third kappa shape index (κ3) is 2.99. The van der Waals surface area contributed by atoms with Crippen molar-refractivity contribution in [2.24, 2.45) is 0 Å². The normalized spacial score (nSPS) is 24.1. The lowest BCUT2D eigenvalue weighted by atomic mass is 10.3. The van der Waals surface area contributed by atoms with E-state index in [0.29, 0.717) is 5.73 Å². The Morgan fingerprint density at radius 3 is 2.14 bits per heavy atom. The highest BCUT2D eigenvalue weighted by Crippen LogP contribution is 2.29. The topological polar surface area (TPSA) is 9.23 Å². The van der Waals surface area contributed by atoms with Gasteiger partial charge < -0.3 is 4.74 Å². The summed E-state index contributed by atoms with van der Waals surface area (Å²) in [6.07, 6.45) is 4.81. The van der Waals surface area contributed by atoms with Crippen molar-refractivity contribution < 1.29 is 4.74 Å². The first-order chi connectivity index (χ1) is 6.21. The monoisotopic (exact) mass is 228 g/mol. The van der Waals surface area contributed by atoms with E-state index in [-0.39, 0.29) is 0 Å². The first-order valence-corrected chi connectivity index (χ1v) is 12.7. The van der Waals surface area contributed by atoms with Crippen molar-refractivity contribution in [1.29, 1.82) is 0 Å². The molecule has 0 spiro atoms. The molecule has 0 bridgehead atoms. The van der Waals surface area contributed by atoms with Crippen molar-refractivity contribution in [3.05, 3.63) is 11.5 Å². The fraction of sp³-hybridized carbons (Fsp3) is 0.818. The van der Waals surface area contributed by atoms with Crippen molar-refractivity contribution in [2.45, 2.75) is 57.9 Å². The van der Waals surface area contributed by atoms with Gasteiger partial charge in [0.25, 0.3) is 0 Å². The Morgan fingerprint density at radius 1 is 1.14 bits per heavy atom. The van der Waals surface area contributed by atoms with Gasteiger partial charge in [-0.3, -0.25) is 0 Å². The van der Waals surface area contributed by atoms with Crippen LogP contribution in [0.5, 0.6) is 0 Å². The molecular weight excluding hydrogens is 204 g/mol. The highest BCUT2D eigenvalue weighted by molar-refractivity contribution is 6.83. The van der Waals surface area contributed by atoms with Crippen LogP contribution in [0.1, 0.15) is 12.8 Å². The van der Waals surface area contributed by atoms with Crippen molar-refractivity contribution in [3.8, 4) is 0 Å². The summed E-state index contributed by atoms with van der Waals surface area (Å²) in [4.78, 5) is 0. The van der Waals surface area contributed by atoms with Crippen LogP contribution in [-0.4, -0.2) is 21.9 Å². The molecule has 3 heteroatoms. The van der Waals surface area contributed by atoms with Gasteiger partial charge in [-0.25, -0.2) is 0 Å². The summed E-state index contributed by atoms with van der Waals surface area (Å²) in [7, 11) is -2.33. The fourth-order valence-corrected chi connectivity index (χ4v) is 4.60. The van der Waals surface area contributed by atoms with E-state index in [4.69, 9.17) is 4.74 Å². The van der Waals surface area contributed by atoms with Crippen LogP contribution in [0.3, 0.4) is 0 Å². The molecule has 0 amide bonds. The van der Waals surface area contributed by atoms with Crippen LogP contribution in [0.25, 0.3) is 0 Å². The number of hydrogen-bond donors (Lipinski definition) is 0. The number of allylic oxidation sites excluding steroid dienone is 1. The van der Waals surface area contributed by atoms with Gasteiger partial charge in [0.2, 0.25) is 0 Å². The summed E-state index contributed by atoms with van der Waals surface area (Å²) >= 11 is 0. The van der Waals surface area contributed by atoms with Gasteiger partial charge >= 0.3 is 0 Å². The SMILES string of the molecule is C[Si](C)(C)C1=CCCC([Si](C)(C)C)O1. The van der Waals surface area contributed by atoms with Crippen LogP contribution in [-0.2, 0) is 4.74 Å². The predicted molar refractivity (Wildman–Crippen MR) is 68.9 cm³/mol. The Kier molecular flexibility index (Phi) is 3.31. The number of rotatable bonds is 2. The molecule has 0 aromatic heterocycles. The maximum atomic E-state index is 6.20. The first kappa shape index (κ1) is 12.0. The second-order valence-corrected chi connectivity index (χ2v) is 16.7. The number of hydrogen-bond acceptors (Lipinski definition) is 1. The molecule has 1 atom stereocenters. The average Bonchev–Trinajstić information content (AvgIpc) is 2.01. The van der Waals surface area contributed by atoms with Gasteiger partial charge in [-0.15, -0.1) is 0 Å². The minimum Gasteiger partial charge on any atom is -0.504 e. The van der Waals surface area contributed by atoms with E-state index in [1.807, 2.05) is 0 Å². The number of ether oxygens (including phenoxy) is 1. The molecule has 1 rings (SSSR count). The fourth-order valence-electron chi connectivity index (χ4n) is 1.72. The summed E-state index contributed by atoms with van der Waals surface area (Å²) < 4.78 is 6.20. The zero-order valence-electron chi connectivity index (χ0n) is 10.5. The predicted octanol–water partition coefficient (Wildman–Crippen LogP) is 3.80. The van der Waals surface area contributed by atoms with Crippen LogP contribution in [0.2, 0.25) is 39.3 Å². The molecule has 14 heavy (non-hydrogen) atoms. The van der Waals surface area contributed by atoms with E-state index in [1.54, 1.807) is 0 Å². The Labute approximate surface area is 90.6 Å². The lowest BCUT2D eigenvalue weighted by Gasteiger charge is -2.36. The molecule has 0 aromatic rings. The first-order valence-electron chi connectivity index (χ1n) is 5.58. The summed E-state index contributed by atoms with van der Waals surface area (Å²) in [5.74, 6) is 0. The van der Waals surface area contributed by atoms with E-state index in [0.717, 1.165) is 0 Å². The van der Waals surface area contributed by atoms with Crippen LogP contribution in [0, 0.1) is 0 Å². The molecule has 0 saturated heterocycles. The van der Waals surface area contributed by atoms with Crippen molar-refractivity contribution in [2.75, 3.05) is 0 Å². The summed E-state index contributed by atoms with van der Waals surface area (Å²) in [6, 6.07) is 0. The van der Waals surface area contributed by atoms with E-state index < -0.39 is 16.1 Å². The zero-order chi connectivity index (χ0) is 11.0. The molecule has 0 saturated carbocycles. The van der Waals surface area contributed by atoms with Crippen LogP contribution in [0.15, 0.2) is 11.5 Å². The lowest BCUT2D eigenvalue weighted by molar-refractivity contribution is 0.167. The van der Waals surface area contributed by atoms with Crippen molar-refractivity contribution >= 4 is 16.1 Å². The van der Waals surface area contributed by atoms with Gasteiger partial charge in [0.05, 0.1) is 19.2 Å². The van der Waals surface area contributed by atoms with Gasteiger partial charge in [-0.1, -0.05) is 45.4 Å². The van der Waals surface area contributed by atoms with E-state index in [1.165, 1.54) is 18.2 Å². The largest absolute Gasteiger partial charge is 0.504 e. The third-order valence-corrected chi connectivity index (χ3v) is 6.87. The Hall–Kier alpha value is -0.0262. The van der Waals surface area contributed by atoms with Crippen molar-refractivity contribution in [3.63, 3.8) is 0 Å². The van der Waals surface area contributed by atoms with E-state index >= 15 is 0 Å². The lowest BCUT2D eigenvalue weighted by Crippen LogP contribution is -2.44. The minimum absolute atomic E-state index is 0.550. The average molecular weight is 228 g/mol. The molecular formula is C11H24OSi2. The highest BCUT2D eigenvalue weighted by Gasteiger charge is 2.34. The highest BCUT2D eigenvalue weighted by atomic mass is 28.3. The molecule has 0 radical (unpaired) electrons. The molecule has 82 valence electrons. The molecule has 0 aliphatic carbocycles. The van der Waals surface area contributed by atoms with Gasteiger partial charge in [-0.2, -0.15) is 0 Å². The van der Waals surface area contributed by atoms with Gasteiger partial charge in [-0.05, 0) is 12.8 Å². The zero-order valence-corrected chi connectivity index (χ0v) is 12.5. The van der Waals surface area contributed by atoms with E-state index in [2.05, 4.69) is 45.4 Å². The smallest absolute Gasteiger partial charge is 0.122 e. The van der Waals surface area contributed by atoms with Gasteiger partial charge in [0, 0.05) is 0 Å².